The van der Waals surface area contributed by atoms with Crippen molar-refractivity contribution in [3.05, 3.63) is 67.6 Å². The van der Waals surface area contributed by atoms with Crippen molar-refractivity contribution < 1.29 is 22.8 Å². The molecule has 14 heteroatoms. The van der Waals surface area contributed by atoms with E-state index in [9.17, 15) is 22.8 Å². The van der Waals surface area contributed by atoms with E-state index < -0.39 is 29.4 Å². The van der Waals surface area contributed by atoms with E-state index in [1.807, 2.05) is 6.92 Å². The molecule has 0 spiro atoms. The van der Waals surface area contributed by atoms with Crippen molar-refractivity contribution in [2.45, 2.75) is 32.0 Å². The van der Waals surface area contributed by atoms with E-state index in [0.717, 1.165) is 25.2 Å². The van der Waals surface area contributed by atoms with Crippen molar-refractivity contribution in [2.24, 2.45) is 5.92 Å². The van der Waals surface area contributed by atoms with Crippen LogP contribution >= 0.6 is 46.4 Å². The largest absolute Gasteiger partial charge is 0.435 e. The summed E-state index contributed by atoms with van der Waals surface area (Å²) >= 11 is 24.6. The highest BCUT2D eigenvalue weighted by Crippen LogP contribution is 2.36. The van der Waals surface area contributed by atoms with Gasteiger partial charge in [-0.15, -0.1) is 0 Å². The summed E-state index contributed by atoms with van der Waals surface area (Å²) in [6.07, 6.45) is -0.647. The van der Waals surface area contributed by atoms with Crippen molar-refractivity contribution in [2.75, 3.05) is 5.32 Å². The Morgan fingerprint density at radius 2 is 1.67 bits per heavy atom. The highest BCUT2D eigenvalue weighted by molar-refractivity contribution is 6.38. The Bertz CT molecular complexity index is 1340. The van der Waals surface area contributed by atoms with Crippen LogP contribution in [0.3, 0.4) is 0 Å². The van der Waals surface area contributed by atoms with Gasteiger partial charge in [0.05, 0.1) is 26.3 Å². The number of carbonyl (C=O) groups excluding carboxylic acids is 2. The first kappa shape index (κ1) is 26.5. The summed E-state index contributed by atoms with van der Waals surface area (Å²) in [7, 11) is 0. The van der Waals surface area contributed by atoms with Crippen LogP contribution in [0.25, 0.3) is 5.69 Å². The topological polar surface area (TPSA) is 88.9 Å². The molecular weight excluding hydrogens is 565 g/mol. The number of hydrogen-bond donors (Lipinski definition) is 2. The molecule has 7 nitrogen and oxygen atoms in total. The summed E-state index contributed by atoms with van der Waals surface area (Å²) in [5, 5.41) is 8.48. The number of pyridine rings is 1. The van der Waals surface area contributed by atoms with Crippen LogP contribution in [0.5, 0.6) is 0 Å². The monoisotopic (exact) mass is 579 g/mol. The lowest BCUT2D eigenvalue weighted by Gasteiger charge is -2.17. The molecule has 36 heavy (non-hydrogen) atoms. The zero-order valence-corrected chi connectivity index (χ0v) is 21.3. The number of aromatic nitrogens is 3. The third-order valence-electron chi connectivity index (χ3n) is 5.50. The Labute approximate surface area is 222 Å². The molecule has 4 rings (SSSR count). The van der Waals surface area contributed by atoms with Gasteiger partial charge in [0.15, 0.2) is 5.69 Å². The van der Waals surface area contributed by atoms with E-state index in [1.54, 1.807) is 0 Å². The van der Waals surface area contributed by atoms with Crippen LogP contribution < -0.4 is 10.6 Å². The normalized spacial score (nSPS) is 14.4. The molecule has 2 amide bonds. The maximum atomic E-state index is 13.5. The maximum Gasteiger partial charge on any atom is 0.435 e. The summed E-state index contributed by atoms with van der Waals surface area (Å²) < 4.78 is 41.1. The van der Waals surface area contributed by atoms with Crippen molar-refractivity contribution in [1.82, 2.24) is 20.1 Å². The Hall–Kier alpha value is -2.53. The molecule has 3 aromatic rings. The fourth-order valence-corrected chi connectivity index (χ4v) is 4.58. The van der Waals surface area contributed by atoms with Crippen LogP contribution in [0.15, 0.2) is 30.6 Å². The third kappa shape index (κ3) is 5.56. The molecule has 0 radical (unpaired) electrons. The maximum absolute atomic E-state index is 13.5. The van der Waals surface area contributed by atoms with Gasteiger partial charge in [0, 0.05) is 29.5 Å². The average Bonchev–Trinajstić information content (AvgIpc) is 3.53. The minimum atomic E-state index is -4.88. The molecule has 0 aliphatic heterocycles. The molecule has 1 atom stereocenters. The predicted octanol–water partition coefficient (Wildman–Crippen LogP) is 6.68. The number of halogens is 7. The van der Waals surface area contributed by atoms with E-state index in [2.05, 4.69) is 20.7 Å². The Morgan fingerprint density at radius 1 is 1.03 bits per heavy atom. The van der Waals surface area contributed by atoms with Gasteiger partial charge in [0.2, 0.25) is 0 Å². The highest BCUT2D eigenvalue weighted by atomic mass is 35.5. The standard InChI is InChI=1S/C22H16Cl4F3N5O2/c1-9(10-2-3-10)31-20(35)12-4-11(23)5-13(24)18(12)32-21(36)16-6-17(22(27,28)29)33-34(16)19-14(25)7-30-8-15(19)26/h4-10H,2-3H2,1H3,(H,31,35)(H,32,36). The summed E-state index contributed by atoms with van der Waals surface area (Å²) in [5.41, 5.74) is -2.32. The number of benzene rings is 1. The van der Waals surface area contributed by atoms with Gasteiger partial charge in [-0.1, -0.05) is 46.4 Å². The van der Waals surface area contributed by atoms with Gasteiger partial charge in [0.25, 0.3) is 11.8 Å². The van der Waals surface area contributed by atoms with Crippen molar-refractivity contribution in [3.8, 4) is 5.69 Å². The smallest absolute Gasteiger partial charge is 0.349 e. The molecule has 1 unspecified atom stereocenters. The van der Waals surface area contributed by atoms with E-state index in [-0.39, 0.29) is 43.1 Å². The average molecular weight is 581 g/mol. The molecular formula is C22H16Cl4F3N5O2. The van der Waals surface area contributed by atoms with Crippen molar-refractivity contribution >= 4 is 63.9 Å². The van der Waals surface area contributed by atoms with Gasteiger partial charge in [-0.2, -0.15) is 18.3 Å². The second-order valence-corrected chi connectivity index (χ2v) is 9.80. The molecule has 190 valence electrons. The number of carbonyl (C=O) groups is 2. The molecule has 1 fully saturated rings. The molecule has 1 aliphatic rings. The lowest BCUT2D eigenvalue weighted by molar-refractivity contribution is -0.141. The summed E-state index contributed by atoms with van der Waals surface area (Å²) in [5.74, 6) is -1.28. The first-order valence-electron chi connectivity index (χ1n) is 10.4. The minimum Gasteiger partial charge on any atom is -0.349 e. The summed E-state index contributed by atoms with van der Waals surface area (Å²) in [4.78, 5) is 30.0. The lowest BCUT2D eigenvalue weighted by atomic mass is 10.1. The van der Waals surface area contributed by atoms with Crippen molar-refractivity contribution in [1.29, 1.82) is 0 Å². The van der Waals surface area contributed by atoms with Gasteiger partial charge in [-0.05, 0) is 37.8 Å². The number of amides is 2. The Kier molecular flexibility index (Phi) is 7.43. The number of nitrogens with one attached hydrogen (secondary N) is 2. The van der Waals surface area contributed by atoms with Crippen LogP contribution in [-0.4, -0.2) is 32.6 Å². The van der Waals surface area contributed by atoms with E-state index in [0.29, 0.717) is 16.7 Å². The number of rotatable bonds is 6. The minimum absolute atomic E-state index is 0.0598. The number of anilines is 1. The molecule has 0 bridgehead atoms. The first-order valence-corrected chi connectivity index (χ1v) is 12.0. The predicted molar refractivity (Wildman–Crippen MR) is 130 cm³/mol. The lowest BCUT2D eigenvalue weighted by Crippen LogP contribution is -2.34. The Balaban J connectivity index is 1.76. The molecule has 0 saturated heterocycles. The Morgan fingerprint density at radius 3 is 2.25 bits per heavy atom. The molecule has 1 aliphatic carbocycles. The first-order chi connectivity index (χ1) is 16.9. The highest BCUT2D eigenvalue weighted by Gasteiger charge is 2.37. The number of hydrogen-bond acceptors (Lipinski definition) is 4. The molecule has 2 N–H and O–H groups in total. The fourth-order valence-electron chi connectivity index (χ4n) is 3.51. The summed E-state index contributed by atoms with van der Waals surface area (Å²) in [6, 6.07) is 2.98. The van der Waals surface area contributed by atoms with Crippen molar-refractivity contribution in [3.63, 3.8) is 0 Å². The van der Waals surface area contributed by atoms with Crippen LogP contribution in [-0.2, 0) is 6.18 Å². The summed E-state index contributed by atoms with van der Waals surface area (Å²) in [6.45, 7) is 1.85. The van der Waals surface area contributed by atoms with Crippen LogP contribution in [0.1, 0.15) is 46.3 Å². The van der Waals surface area contributed by atoms with E-state index in [4.69, 9.17) is 46.4 Å². The van der Waals surface area contributed by atoms with Gasteiger partial charge >= 0.3 is 6.18 Å². The molecule has 1 saturated carbocycles. The number of nitrogens with zero attached hydrogens (tertiary/aromatic N) is 3. The zero-order chi connectivity index (χ0) is 26.4. The SMILES string of the molecule is CC(NC(=O)c1cc(Cl)cc(Cl)c1NC(=O)c1cc(C(F)(F)F)nn1-c1c(Cl)cncc1Cl)C1CC1. The van der Waals surface area contributed by atoms with E-state index in [1.165, 1.54) is 12.1 Å². The second kappa shape index (κ2) is 10.1. The quantitative estimate of drug-likeness (QED) is 0.340. The molecule has 2 heterocycles. The molecule has 2 aromatic heterocycles. The van der Waals surface area contributed by atoms with Crippen LogP contribution in [0.4, 0.5) is 18.9 Å². The molecule has 1 aromatic carbocycles. The second-order valence-electron chi connectivity index (χ2n) is 8.14. The van der Waals surface area contributed by atoms with E-state index >= 15 is 0 Å². The van der Waals surface area contributed by atoms with Gasteiger partial charge < -0.3 is 10.6 Å². The third-order valence-corrected chi connectivity index (χ3v) is 6.57. The number of alkyl halides is 3. The van der Waals surface area contributed by atoms with Crippen LogP contribution in [0.2, 0.25) is 20.1 Å². The van der Waals surface area contributed by atoms with Gasteiger partial charge in [0.1, 0.15) is 11.4 Å². The van der Waals surface area contributed by atoms with Crippen LogP contribution in [0, 0.1) is 5.92 Å². The zero-order valence-electron chi connectivity index (χ0n) is 18.3. The fraction of sp³-hybridized carbons (Fsp3) is 0.273. The van der Waals surface area contributed by atoms with Gasteiger partial charge in [-0.3, -0.25) is 14.6 Å². The van der Waals surface area contributed by atoms with Gasteiger partial charge in [-0.25, -0.2) is 4.68 Å².